The zero-order valence-electron chi connectivity index (χ0n) is 18.5. The number of rotatable bonds is 3. The highest BCUT2D eigenvalue weighted by atomic mass is 35.5. The molecule has 0 spiro atoms. The van der Waals surface area contributed by atoms with Gasteiger partial charge < -0.3 is 9.33 Å². The Balaban J connectivity index is 2.07. The van der Waals surface area contributed by atoms with Crippen LogP contribution in [0.4, 0.5) is 23.7 Å². The smallest absolute Gasteiger partial charge is 0.411 e. The third kappa shape index (κ3) is 3.94. The van der Waals surface area contributed by atoms with Crippen LogP contribution in [0.25, 0.3) is 0 Å². The lowest BCUT2D eigenvalue weighted by atomic mass is 10.0. The van der Waals surface area contributed by atoms with Gasteiger partial charge in [-0.15, -0.1) is 0 Å². The number of carbonyl (C=O) groups excluding carboxylic acids is 1. The number of carbonyl (C=O) groups is 1. The van der Waals surface area contributed by atoms with Crippen LogP contribution >= 0.6 is 11.6 Å². The average molecular weight is 474 g/mol. The van der Waals surface area contributed by atoms with Gasteiger partial charge in [0.1, 0.15) is 6.07 Å². The maximum Gasteiger partial charge on any atom is 0.411 e. The first kappa shape index (κ1) is 23.9. The van der Waals surface area contributed by atoms with Gasteiger partial charge in [0.05, 0.1) is 28.4 Å². The second-order valence-electron chi connectivity index (χ2n) is 9.71. The standard InChI is InChI=1S/C21H27ClF3N3O2Si/c1-12-14(8-7-13(11-26)16(12)22)28-18(21(23,24)25)17-15(9-10-27(17)19(28)29)30-31(5,6)20(2,3)4/h7-8,15,17-18H,9-10H2,1-6H3/t15-,17+,18-/m1/s1. The number of halogens is 4. The second-order valence-corrected chi connectivity index (χ2v) is 14.8. The molecule has 10 heteroatoms. The van der Waals surface area contributed by atoms with Crippen molar-refractivity contribution in [2.24, 2.45) is 0 Å². The Morgan fingerprint density at radius 2 is 1.87 bits per heavy atom. The van der Waals surface area contributed by atoms with E-state index in [1.165, 1.54) is 24.0 Å². The topological polar surface area (TPSA) is 56.6 Å². The number of nitriles is 1. The molecule has 2 heterocycles. The van der Waals surface area contributed by atoms with E-state index in [4.69, 9.17) is 21.3 Å². The van der Waals surface area contributed by atoms with Gasteiger partial charge in [-0.2, -0.15) is 18.4 Å². The Morgan fingerprint density at radius 3 is 2.39 bits per heavy atom. The highest BCUT2D eigenvalue weighted by molar-refractivity contribution is 6.74. The highest BCUT2D eigenvalue weighted by Crippen LogP contribution is 2.47. The monoisotopic (exact) mass is 473 g/mol. The normalized spacial score (nSPS) is 24.5. The van der Waals surface area contributed by atoms with Crippen molar-refractivity contribution >= 4 is 31.6 Å². The van der Waals surface area contributed by atoms with Crippen molar-refractivity contribution in [1.29, 1.82) is 5.26 Å². The molecule has 2 aliphatic rings. The second kappa shape index (κ2) is 7.68. The molecule has 0 N–H and O–H groups in total. The van der Waals surface area contributed by atoms with E-state index in [-0.39, 0.29) is 33.4 Å². The van der Waals surface area contributed by atoms with Gasteiger partial charge in [-0.25, -0.2) is 4.79 Å². The van der Waals surface area contributed by atoms with Crippen LogP contribution in [0, 0.1) is 18.3 Å². The lowest BCUT2D eigenvalue weighted by molar-refractivity contribution is -0.156. The van der Waals surface area contributed by atoms with Gasteiger partial charge in [0.25, 0.3) is 0 Å². The predicted octanol–water partition coefficient (Wildman–Crippen LogP) is 5.86. The van der Waals surface area contributed by atoms with E-state index in [1.807, 2.05) is 39.9 Å². The molecule has 2 aliphatic heterocycles. The quantitative estimate of drug-likeness (QED) is 0.517. The van der Waals surface area contributed by atoms with Crippen LogP contribution in [-0.2, 0) is 4.43 Å². The molecule has 1 aromatic carbocycles. The van der Waals surface area contributed by atoms with Crippen LogP contribution < -0.4 is 4.90 Å². The molecular formula is C21H27ClF3N3O2Si. The Labute approximate surface area is 186 Å². The molecule has 170 valence electrons. The van der Waals surface area contributed by atoms with Crippen molar-refractivity contribution in [3.8, 4) is 6.07 Å². The van der Waals surface area contributed by atoms with Crippen LogP contribution in [0.15, 0.2) is 12.1 Å². The lowest BCUT2D eigenvalue weighted by Gasteiger charge is -2.40. The number of amides is 2. The van der Waals surface area contributed by atoms with Gasteiger partial charge in [-0.3, -0.25) is 4.90 Å². The number of fused-ring (bicyclic) bond motifs is 1. The number of nitrogens with zero attached hydrogens (tertiary/aromatic N) is 3. The largest absolute Gasteiger partial charge is 0.412 e. The minimum Gasteiger partial charge on any atom is -0.412 e. The lowest BCUT2D eigenvalue weighted by Crippen LogP contribution is -2.54. The summed E-state index contributed by atoms with van der Waals surface area (Å²) < 4.78 is 49.5. The molecule has 5 nitrogen and oxygen atoms in total. The van der Waals surface area contributed by atoms with Crippen LogP contribution in [0.5, 0.6) is 0 Å². The van der Waals surface area contributed by atoms with Crippen molar-refractivity contribution in [2.45, 2.75) is 76.6 Å². The highest BCUT2D eigenvalue weighted by Gasteiger charge is 2.64. The predicted molar refractivity (Wildman–Crippen MR) is 116 cm³/mol. The van der Waals surface area contributed by atoms with Crippen molar-refractivity contribution in [3.63, 3.8) is 0 Å². The number of hydrogen-bond donors (Lipinski definition) is 0. The number of anilines is 1. The van der Waals surface area contributed by atoms with Gasteiger partial charge in [0.2, 0.25) is 0 Å². The van der Waals surface area contributed by atoms with Crippen LogP contribution in [-0.4, -0.2) is 50.2 Å². The molecule has 3 rings (SSSR count). The molecule has 0 aromatic heterocycles. The molecule has 31 heavy (non-hydrogen) atoms. The van der Waals surface area contributed by atoms with Gasteiger partial charge in [0.15, 0.2) is 14.4 Å². The molecule has 0 bridgehead atoms. The summed E-state index contributed by atoms with van der Waals surface area (Å²) in [4.78, 5) is 15.2. The molecule has 0 radical (unpaired) electrons. The Morgan fingerprint density at radius 1 is 1.26 bits per heavy atom. The number of hydrogen-bond acceptors (Lipinski definition) is 3. The Bertz CT molecular complexity index is 940. The molecule has 0 aliphatic carbocycles. The van der Waals surface area contributed by atoms with Crippen molar-refractivity contribution in [3.05, 3.63) is 28.3 Å². The van der Waals surface area contributed by atoms with Crippen molar-refractivity contribution in [2.75, 3.05) is 11.4 Å². The minimum atomic E-state index is -4.67. The van der Waals surface area contributed by atoms with Crippen LogP contribution in [0.1, 0.15) is 38.3 Å². The number of alkyl halides is 3. The fraction of sp³-hybridized carbons (Fsp3) is 0.619. The summed E-state index contributed by atoms with van der Waals surface area (Å²) in [5.41, 5.74) is 0.487. The molecule has 2 fully saturated rings. The van der Waals surface area contributed by atoms with Gasteiger partial charge in [0, 0.05) is 6.54 Å². The Kier molecular flexibility index (Phi) is 5.92. The molecule has 2 amide bonds. The summed E-state index contributed by atoms with van der Waals surface area (Å²) in [6.45, 7) is 11.8. The first-order valence-electron chi connectivity index (χ1n) is 10.2. The molecular weight excluding hydrogens is 447 g/mol. The van der Waals surface area contributed by atoms with Crippen molar-refractivity contribution in [1.82, 2.24) is 4.90 Å². The molecule has 0 saturated carbocycles. The summed E-state index contributed by atoms with van der Waals surface area (Å²) in [6.07, 6.45) is -4.99. The minimum absolute atomic E-state index is 0.0508. The summed E-state index contributed by atoms with van der Waals surface area (Å²) in [5, 5.41) is 9.03. The van der Waals surface area contributed by atoms with Gasteiger partial charge in [-0.1, -0.05) is 32.4 Å². The third-order valence-corrected chi connectivity index (χ3v) is 11.8. The SMILES string of the molecule is Cc1c(N2C(=O)N3CC[C@@H](O[Si](C)(C)C(C)(C)C)[C@H]3[C@@H]2C(F)(F)F)ccc(C#N)c1Cl. The maximum absolute atomic E-state index is 14.4. The summed E-state index contributed by atoms with van der Waals surface area (Å²) in [5.74, 6) is 0. The van der Waals surface area contributed by atoms with E-state index in [9.17, 15) is 18.0 Å². The van der Waals surface area contributed by atoms with E-state index in [0.29, 0.717) is 6.42 Å². The van der Waals surface area contributed by atoms with E-state index in [1.54, 1.807) is 0 Å². The third-order valence-electron chi connectivity index (χ3n) is 6.77. The van der Waals surface area contributed by atoms with Crippen molar-refractivity contribution < 1.29 is 22.4 Å². The Hall–Kier alpha value is -1.76. The molecule has 1 aromatic rings. The zero-order chi connectivity index (χ0) is 23.5. The summed E-state index contributed by atoms with van der Waals surface area (Å²) >= 11 is 6.20. The van der Waals surface area contributed by atoms with E-state index < -0.39 is 38.7 Å². The molecule has 3 atom stereocenters. The number of urea groups is 1. The van der Waals surface area contributed by atoms with E-state index in [2.05, 4.69) is 0 Å². The first-order chi connectivity index (χ1) is 14.1. The van der Waals surface area contributed by atoms with E-state index in [0.717, 1.165) is 4.90 Å². The van der Waals surface area contributed by atoms with Gasteiger partial charge in [-0.05, 0) is 49.2 Å². The molecule has 2 saturated heterocycles. The summed E-state index contributed by atoms with van der Waals surface area (Å²) in [6, 6.07) is 0.723. The fourth-order valence-corrected chi connectivity index (χ4v) is 5.66. The number of benzene rings is 1. The van der Waals surface area contributed by atoms with Crippen LogP contribution in [0.2, 0.25) is 23.2 Å². The zero-order valence-corrected chi connectivity index (χ0v) is 20.2. The van der Waals surface area contributed by atoms with Gasteiger partial charge >= 0.3 is 12.2 Å². The fourth-order valence-electron chi connectivity index (χ4n) is 4.09. The van der Waals surface area contributed by atoms with E-state index >= 15 is 0 Å². The first-order valence-corrected chi connectivity index (χ1v) is 13.4. The molecule has 0 unspecified atom stereocenters. The maximum atomic E-state index is 14.4. The summed E-state index contributed by atoms with van der Waals surface area (Å²) in [7, 11) is -2.36. The average Bonchev–Trinajstić information content (AvgIpc) is 3.15. The van der Waals surface area contributed by atoms with Crippen LogP contribution in [0.3, 0.4) is 0 Å².